The van der Waals surface area contributed by atoms with Crippen LogP contribution in [0.15, 0.2) is 18.2 Å². The molecular formula is C15H22ClN3O2. The Morgan fingerprint density at radius 1 is 1.52 bits per heavy atom. The van der Waals surface area contributed by atoms with Gasteiger partial charge in [0.1, 0.15) is 5.75 Å². The minimum Gasteiger partial charge on any atom is -0.495 e. The minimum absolute atomic E-state index is 0.0668. The molecule has 0 saturated carbocycles. The zero-order chi connectivity index (χ0) is 15.1. The van der Waals surface area contributed by atoms with Gasteiger partial charge in [-0.25, -0.2) is 0 Å². The van der Waals surface area contributed by atoms with Gasteiger partial charge in [0, 0.05) is 30.6 Å². The molecule has 1 unspecified atom stereocenters. The van der Waals surface area contributed by atoms with Crippen molar-refractivity contribution in [3.05, 3.63) is 23.2 Å². The standard InChI is InChI=1S/C15H22ClN3O2/c1-21-14-5-4-11(16)9-13(14)18-8-6-15(20)19-12-3-2-7-17-10-12/h4-5,9,12,17-18H,2-3,6-8,10H2,1H3,(H,19,20). The lowest BCUT2D eigenvalue weighted by Gasteiger charge is -2.23. The van der Waals surface area contributed by atoms with E-state index in [9.17, 15) is 4.79 Å². The molecule has 2 rings (SSSR count). The highest BCUT2D eigenvalue weighted by Crippen LogP contribution is 2.27. The fourth-order valence-corrected chi connectivity index (χ4v) is 2.58. The second-order valence-electron chi connectivity index (χ2n) is 5.13. The van der Waals surface area contributed by atoms with Crippen LogP contribution in [0.25, 0.3) is 0 Å². The van der Waals surface area contributed by atoms with Gasteiger partial charge in [0.25, 0.3) is 0 Å². The third-order valence-electron chi connectivity index (χ3n) is 3.49. The monoisotopic (exact) mass is 311 g/mol. The summed E-state index contributed by atoms with van der Waals surface area (Å²) >= 11 is 5.96. The average Bonchev–Trinajstić information content (AvgIpc) is 2.48. The molecule has 1 aliphatic heterocycles. The van der Waals surface area contributed by atoms with Crippen molar-refractivity contribution in [2.24, 2.45) is 0 Å². The first-order valence-corrected chi connectivity index (χ1v) is 7.64. The van der Waals surface area contributed by atoms with Gasteiger partial charge in [-0.05, 0) is 37.6 Å². The molecule has 3 N–H and O–H groups in total. The lowest BCUT2D eigenvalue weighted by atomic mass is 10.1. The van der Waals surface area contributed by atoms with Crippen LogP contribution in [0.4, 0.5) is 5.69 Å². The van der Waals surface area contributed by atoms with Crippen LogP contribution in [0.3, 0.4) is 0 Å². The molecule has 0 radical (unpaired) electrons. The maximum absolute atomic E-state index is 11.9. The van der Waals surface area contributed by atoms with Gasteiger partial charge in [-0.2, -0.15) is 0 Å². The van der Waals surface area contributed by atoms with Gasteiger partial charge in [-0.3, -0.25) is 4.79 Å². The Bertz CT molecular complexity index is 476. The Labute approximate surface area is 130 Å². The molecule has 5 nitrogen and oxygen atoms in total. The molecule has 1 atom stereocenters. The van der Waals surface area contributed by atoms with Crippen LogP contribution >= 0.6 is 11.6 Å². The number of hydrogen-bond acceptors (Lipinski definition) is 4. The molecule has 0 spiro atoms. The molecule has 1 aliphatic rings. The maximum Gasteiger partial charge on any atom is 0.222 e. The fraction of sp³-hybridized carbons (Fsp3) is 0.533. The SMILES string of the molecule is COc1ccc(Cl)cc1NCCC(=O)NC1CCCNC1. The molecule has 1 aromatic carbocycles. The Kier molecular flexibility index (Phi) is 6.14. The second kappa shape index (κ2) is 8.10. The van der Waals surface area contributed by atoms with Crippen molar-refractivity contribution in [3.63, 3.8) is 0 Å². The van der Waals surface area contributed by atoms with Crippen molar-refractivity contribution in [2.45, 2.75) is 25.3 Å². The quantitative estimate of drug-likeness (QED) is 0.752. The minimum atomic E-state index is 0.0668. The number of carbonyl (C=O) groups excluding carboxylic acids is 1. The Morgan fingerprint density at radius 3 is 3.10 bits per heavy atom. The third-order valence-corrected chi connectivity index (χ3v) is 3.73. The zero-order valence-corrected chi connectivity index (χ0v) is 13.0. The highest BCUT2D eigenvalue weighted by atomic mass is 35.5. The molecule has 1 saturated heterocycles. The van der Waals surface area contributed by atoms with E-state index in [0.29, 0.717) is 18.0 Å². The van der Waals surface area contributed by atoms with E-state index >= 15 is 0 Å². The van der Waals surface area contributed by atoms with Gasteiger partial charge >= 0.3 is 0 Å². The number of ether oxygens (including phenoxy) is 1. The summed E-state index contributed by atoms with van der Waals surface area (Å²) in [5, 5.41) is 10.2. The van der Waals surface area contributed by atoms with E-state index in [1.807, 2.05) is 0 Å². The Hall–Kier alpha value is -1.46. The first kappa shape index (κ1) is 15.9. The number of hydrogen-bond donors (Lipinski definition) is 3. The van der Waals surface area contributed by atoms with E-state index in [-0.39, 0.29) is 11.9 Å². The number of benzene rings is 1. The molecule has 0 aliphatic carbocycles. The van der Waals surface area contributed by atoms with Gasteiger partial charge in [0.15, 0.2) is 0 Å². The lowest BCUT2D eigenvalue weighted by molar-refractivity contribution is -0.121. The third kappa shape index (κ3) is 5.10. The summed E-state index contributed by atoms with van der Waals surface area (Å²) in [6.45, 7) is 2.45. The highest BCUT2D eigenvalue weighted by molar-refractivity contribution is 6.30. The fourth-order valence-electron chi connectivity index (χ4n) is 2.40. The van der Waals surface area contributed by atoms with Gasteiger partial charge in [0.2, 0.25) is 5.91 Å². The summed E-state index contributed by atoms with van der Waals surface area (Å²) < 4.78 is 5.25. The number of halogens is 1. The smallest absolute Gasteiger partial charge is 0.222 e. The van der Waals surface area contributed by atoms with Gasteiger partial charge in [-0.15, -0.1) is 0 Å². The highest BCUT2D eigenvalue weighted by Gasteiger charge is 2.15. The van der Waals surface area contributed by atoms with Crippen molar-refractivity contribution < 1.29 is 9.53 Å². The maximum atomic E-state index is 11.9. The lowest BCUT2D eigenvalue weighted by Crippen LogP contribution is -2.45. The number of rotatable bonds is 6. The van der Waals surface area contributed by atoms with Crippen LogP contribution in [0.5, 0.6) is 5.75 Å². The number of carbonyl (C=O) groups is 1. The number of methoxy groups -OCH3 is 1. The molecule has 1 fully saturated rings. The van der Waals surface area contributed by atoms with E-state index < -0.39 is 0 Å². The van der Waals surface area contributed by atoms with Crippen LogP contribution in [-0.4, -0.2) is 38.7 Å². The summed E-state index contributed by atoms with van der Waals surface area (Å²) in [5.41, 5.74) is 0.803. The molecule has 1 heterocycles. The largest absolute Gasteiger partial charge is 0.495 e. The van der Waals surface area contributed by atoms with Crippen LogP contribution < -0.4 is 20.7 Å². The van der Waals surface area contributed by atoms with Crippen molar-refractivity contribution in [2.75, 3.05) is 32.1 Å². The molecule has 1 aromatic rings. The predicted octanol–water partition coefficient (Wildman–Crippen LogP) is 2.02. The van der Waals surface area contributed by atoms with Gasteiger partial charge < -0.3 is 20.7 Å². The van der Waals surface area contributed by atoms with E-state index in [4.69, 9.17) is 16.3 Å². The number of piperidine rings is 1. The summed E-state index contributed by atoms with van der Waals surface area (Å²) in [7, 11) is 1.61. The zero-order valence-electron chi connectivity index (χ0n) is 12.2. The summed E-state index contributed by atoms with van der Waals surface area (Å²) in [4.78, 5) is 11.9. The molecule has 21 heavy (non-hydrogen) atoms. The molecular weight excluding hydrogens is 290 g/mol. The number of nitrogens with one attached hydrogen (secondary N) is 3. The van der Waals surface area contributed by atoms with E-state index in [1.54, 1.807) is 25.3 Å². The topological polar surface area (TPSA) is 62.4 Å². The van der Waals surface area contributed by atoms with Crippen LogP contribution in [-0.2, 0) is 4.79 Å². The Balaban J connectivity index is 1.75. The first-order valence-electron chi connectivity index (χ1n) is 7.26. The normalized spacial score (nSPS) is 18.1. The van der Waals surface area contributed by atoms with E-state index in [1.165, 1.54) is 0 Å². The predicted molar refractivity (Wildman–Crippen MR) is 85.1 cm³/mol. The number of amides is 1. The molecule has 0 bridgehead atoms. The summed E-state index contributed by atoms with van der Waals surface area (Å²) in [6.07, 6.45) is 2.59. The van der Waals surface area contributed by atoms with Crippen molar-refractivity contribution in [3.8, 4) is 5.75 Å². The molecule has 1 amide bonds. The average molecular weight is 312 g/mol. The molecule has 0 aromatic heterocycles. The first-order chi connectivity index (χ1) is 10.2. The number of anilines is 1. The Morgan fingerprint density at radius 2 is 2.38 bits per heavy atom. The van der Waals surface area contributed by atoms with Crippen molar-refractivity contribution >= 4 is 23.2 Å². The van der Waals surface area contributed by atoms with Crippen molar-refractivity contribution in [1.82, 2.24) is 10.6 Å². The van der Waals surface area contributed by atoms with E-state index in [0.717, 1.165) is 37.4 Å². The molecule has 6 heteroatoms. The van der Waals surface area contributed by atoms with E-state index in [2.05, 4.69) is 16.0 Å². The van der Waals surface area contributed by atoms with Gasteiger partial charge in [-0.1, -0.05) is 11.6 Å². The van der Waals surface area contributed by atoms with Crippen LogP contribution in [0.2, 0.25) is 5.02 Å². The van der Waals surface area contributed by atoms with Gasteiger partial charge in [0.05, 0.1) is 12.8 Å². The molecule has 116 valence electrons. The van der Waals surface area contributed by atoms with Crippen LogP contribution in [0.1, 0.15) is 19.3 Å². The summed E-state index contributed by atoms with van der Waals surface area (Å²) in [5.74, 6) is 0.786. The van der Waals surface area contributed by atoms with Crippen molar-refractivity contribution in [1.29, 1.82) is 0 Å². The second-order valence-corrected chi connectivity index (χ2v) is 5.57. The summed E-state index contributed by atoms with van der Waals surface area (Å²) in [6, 6.07) is 5.63. The van der Waals surface area contributed by atoms with Crippen LogP contribution in [0, 0.1) is 0 Å².